The molecular weight excluding hydrogens is 326 g/mol. The van der Waals surface area contributed by atoms with Crippen molar-refractivity contribution in [2.75, 3.05) is 12.4 Å². The smallest absolute Gasteiger partial charge is 0.241 e. The minimum absolute atomic E-state index is 0. The maximum Gasteiger partial charge on any atom is 0.241 e. The summed E-state index contributed by atoms with van der Waals surface area (Å²) in [7, 11) is -2.21. The minimum Gasteiger partial charge on any atom is -0.324 e. The Morgan fingerprint density at radius 2 is 1.91 bits per heavy atom. The van der Waals surface area contributed by atoms with Crippen LogP contribution in [0.25, 0.3) is 0 Å². The normalized spacial score (nSPS) is 12.6. The van der Waals surface area contributed by atoms with Crippen LogP contribution in [0.4, 0.5) is 5.69 Å². The molecule has 0 aromatic heterocycles. The molecule has 22 heavy (non-hydrogen) atoms. The Bertz CT molecular complexity index is 618. The second-order valence-electron chi connectivity index (χ2n) is 5.36. The third kappa shape index (κ3) is 5.24. The number of halogens is 1. The Labute approximate surface area is 138 Å². The summed E-state index contributed by atoms with van der Waals surface area (Å²) < 4.78 is 26.0. The molecule has 0 aliphatic carbocycles. The van der Waals surface area contributed by atoms with Gasteiger partial charge in [0.2, 0.25) is 15.9 Å². The number of benzene rings is 1. The lowest BCUT2D eigenvalue weighted by Gasteiger charge is -2.16. The Morgan fingerprint density at radius 3 is 2.41 bits per heavy atom. The number of sulfonamides is 1. The van der Waals surface area contributed by atoms with Gasteiger partial charge in [0, 0.05) is 5.69 Å². The van der Waals surface area contributed by atoms with Gasteiger partial charge in [0.25, 0.3) is 0 Å². The Morgan fingerprint density at radius 1 is 1.32 bits per heavy atom. The van der Waals surface area contributed by atoms with E-state index >= 15 is 0 Å². The van der Waals surface area contributed by atoms with E-state index in [1.807, 2.05) is 13.8 Å². The van der Waals surface area contributed by atoms with Gasteiger partial charge in [0.15, 0.2) is 0 Å². The maximum absolute atomic E-state index is 12.0. The van der Waals surface area contributed by atoms with E-state index in [1.54, 1.807) is 19.1 Å². The number of carbonyl (C=O) groups excluding carboxylic acids is 1. The van der Waals surface area contributed by atoms with Gasteiger partial charge in [-0.1, -0.05) is 19.9 Å². The second-order valence-corrected chi connectivity index (χ2v) is 7.22. The van der Waals surface area contributed by atoms with E-state index in [1.165, 1.54) is 13.1 Å². The van der Waals surface area contributed by atoms with Crippen molar-refractivity contribution in [3.63, 3.8) is 0 Å². The van der Waals surface area contributed by atoms with E-state index in [9.17, 15) is 13.2 Å². The Hall–Kier alpha value is -1.15. The van der Waals surface area contributed by atoms with Gasteiger partial charge in [-0.05, 0) is 44.0 Å². The molecular formula is C14H24ClN3O3S. The molecule has 1 atom stereocenters. The van der Waals surface area contributed by atoms with Gasteiger partial charge >= 0.3 is 0 Å². The lowest BCUT2D eigenvalue weighted by atomic mass is 10.0. The largest absolute Gasteiger partial charge is 0.324 e. The number of anilines is 1. The molecule has 8 heteroatoms. The molecule has 0 saturated carbocycles. The van der Waals surface area contributed by atoms with Crippen LogP contribution in [-0.4, -0.2) is 27.4 Å². The van der Waals surface area contributed by atoms with Crippen molar-refractivity contribution in [1.29, 1.82) is 0 Å². The summed E-state index contributed by atoms with van der Waals surface area (Å²) in [6.45, 7) is 5.62. The molecule has 1 aromatic carbocycles. The molecule has 0 saturated heterocycles. The summed E-state index contributed by atoms with van der Waals surface area (Å²) >= 11 is 0. The van der Waals surface area contributed by atoms with E-state index < -0.39 is 16.1 Å². The van der Waals surface area contributed by atoms with Crippen LogP contribution in [0, 0.1) is 12.8 Å². The monoisotopic (exact) mass is 349 g/mol. The lowest BCUT2D eigenvalue weighted by molar-refractivity contribution is -0.117. The molecule has 1 amide bonds. The van der Waals surface area contributed by atoms with Gasteiger partial charge in [-0.25, -0.2) is 13.1 Å². The van der Waals surface area contributed by atoms with Crippen LogP contribution in [0.1, 0.15) is 25.8 Å². The molecule has 0 heterocycles. The molecule has 0 aliphatic rings. The highest BCUT2D eigenvalue weighted by molar-refractivity contribution is 7.89. The SMILES string of the molecule is CNS(=O)(=O)c1cccc(NC(=O)[C@@H](N)CC(C)C)c1C.Cl. The molecule has 0 bridgehead atoms. The topological polar surface area (TPSA) is 101 Å². The van der Waals surface area contributed by atoms with Gasteiger partial charge in [-0.3, -0.25) is 4.79 Å². The molecule has 6 nitrogen and oxygen atoms in total. The van der Waals surface area contributed by atoms with Crippen molar-refractivity contribution in [1.82, 2.24) is 4.72 Å². The summed E-state index contributed by atoms with van der Waals surface area (Å²) in [6.07, 6.45) is 0.569. The van der Waals surface area contributed by atoms with Gasteiger partial charge in [-0.15, -0.1) is 12.4 Å². The summed E-state index contributed by atoms with van der Waals surface area (Å²) in [6, 6.07) is 4.12. The van der Waals surface area contributed by atoms with Crippen LogP contribution in [-0.2, 0) is 14.8 Å². The van der Waals surface area contributed by atoms with Crippen molar-refractivity contribution in [2.24, 2.45) is 11.7 Å². The van der Waals surface area contributed by atoms with Crippen molar-refractivity contribution in [2.45, 2.75) is 38.1 Å². The standard InChI is InChI=1S/C14H23N3O3S.ClH/c1-9(2)8-11(15)14(18)17-12-6-5-7-13(10(12)3)21(19,20)16-4;/h5-7,9,11,16H,8,15H2,1-4H3,(H,17,18);1H/t11-;/m0./s1. The quantitative estimate of drug-likeness (QED) is 0.726. The van der Waals surface area contributed by atoms with Crippen LogP contribution in [0.3, 0.4) is 0 Å². The number of rotatable bonds is 6. The van der Waals surface area contributed by atoms with Crippen molar-refractivity contribution >= 4 is 34.0 Å². The molecule has 0 unspecified atom stereocenters. The third-order valence-electron chi connectivity index (χ3n) is 3.16. The molecule has 0 spiro atoms. The van der Waals surface area contributed by atoms with Crippen LogP contribution >= 0.6 is 12.4 Å². The summed E-state index contributed by atoms with van der Waals surface area (Å²) in [4.78, 5) is 12.2. The molecule has 126 valence electrons. The zero-order chi connectivity index (χ0) is 16.2. The fraction of sp³-hybridized carbons (Fsp3) is 0.500. The highest BCUT2D eigenvalue weighted by atomic mass is 35.5. The van der Waals surface area contributed by atoms with Crippen LogP contribution < -0.4 is 15.8 Å². The van der Waals surface area contributed by atoms with E-state index in [2.05, 4.69) is 10.0 Å². The number of hydrogen-bond acceptors (Lipinski definition) is 4. The first-order chi connectivity index (χ1) is 9.69. The predicted octanol–water partition coefficient (Wildman–Crippen LogP) is 1.64. The molecule has 1 rings (SSSR count). The fourth-order valence-corrected chi connectivity index (χ4v) is 2.98. The average molecular weight is 350 g/mol. The predicted molar refractivity (Wildman–Crippen MR) is 90.7 cm³/mol. The highest BCUT2D eigenvalue weighted by Crippen LogP contribution is 2.23. The molecule has 1 aromatic rings. The van der Waals surface area contributed by atoms with E-state index in [0.717, 1.165) is 0 Å². The highest BCUT2D eigenvalue weighted by Gasteiger charge is 2.19. The molecule has 0 radical (unpaired) electrons. The fourth-order valence-electron chi connectivity index (χ4n) is 1.99. The van der Waals surface area contributed by atoms with Gasteiger partial charge in [0.1, 0.15) is 0 Å². The van der Waals surface area contributed by atoms with E-state index in [-0.39, 0.29) is 23.2 Å². The van der Waals surface area contributed by atoms with Crippen LogP contribution in [0.15, 0.2) is 23.1 Å². The zero-order valence-corrected chi connectivity index (χ0v) is 14.8. The van der Waals surface area contributed by atoms with E-state index in [0.29, 0.717) is 23.6 Å². The van der Waals surface area contributed by atoms with Crippen molar-refractivity contribution < 1.29 is 13.2 Å². The number of carbonyl (C=O) groups is 1. The zero-order valence-electron chi connectivity index (χ0n) is 13.2. The second kappa shape index (κ2) is 8.47. The summed E-state index contributed by atoms with van der Waals surface area (Å²) in [5.41, 5.74) is 6.76. The van der Waals surface area contributed by atoms with Crippen LogP contribution in [0.2, 0.25) is 0 Å². The first kappa shape index (κ1) is 20.9. The van der Waals surface area contributed by atoms with Gasteiger partial charge in [0.05, 0.1) is 10.9 Å². The minimum atomic E-state index is -3.56. The number of amides is 1. The summed E-state index contributed by atoms with van der Waals surface area (Å²) in [5.74, 6) is -0.00587. The first-order valence-corrected chi connectivity index (χ1v) is 8.27. The van der Waals surface area contributed by atoms with E-state index in [4.69, 9.17) is 5.73 Å². The average Bonchev–Trinajstić information content (AvgIpc) is 2.40. The van der Waals surface area contributed by atoms with Crippen molar-refractivity contribution in [3.05, 3.63) is 23.8 Å². The maximum atomic E-state index is 12.0. The van der Waals surface area contributed by atoms with Gasteiger partial charge in [-0.2, -0.15) is 0 Å². The lowest BCUT2D eigenvalue weighted by Crippen LogP contribution is -2.36. The number of nitrogens with one attached hydrogen (secondary N) is 2. The van der Waals surface area contributed by atoms with Crippen LogP contribution in [0.5, 0.6) is 0 Å². The molecule has 4 N–H and O–H groups in total. The van der Waals surface area contributed by atoms with Crippen molar-refractivity contribution in [3.8, 4) is 0 Å². The summed E-state index contributed by atoms with van der Waals surface area (Å²) in [5, 5.41) is 2.70. The molecule has 0 aliphatic heterocycles. The Kier molecular flexibility index (Phi) is 8.03. The molecule has 0 fully saturated rings. The number of nitrogens with two attached hydrogens (primary N) is 1. The first-order valence-electron chi connectivity index (χ1n) is 6.78. The van der Waals surface area contributed by atoms with Gasteiger partial charge < -0.3 is 11.1 Å². The third-order valence-corrected chi connectivity index (χ3v) is 4.72. The number of hydrogen-bond donors (Lipinski definition) is 3. The Balaban J connectivity index is 0.00000441.